The van der Waals surface area contributed by atoms with Crippen LogP contribution in [0.3, 0.4) is 0 Å². The molecule has 1 aromatic heterocycles. The molecule has 0 aliphatic heterocycles. The summed E-state index contributed by atoms with van der Waals surface area (Å²) in [5.74, 6) is 0.144. The lowest BCUT2D eigenvalue weighted by atomic mass is 10.2. The molecule has 0 saturated carbocycles. The lowest BCUT2D eigenvalue weighted by Gasteiger charge is -2.26. The van der Waals surface area contributed by atoms with Crippen LogP contribution in [0.1, 0.15) is 26.7 Å². The molecule has 1 rings (SSSR count). The summed E-state index contributed by atoms with van der Waals surface area (Å²) in [6.07, 6.45) is 1.72. The molecule has 1 atom stereocenters. The van der Waals surface area contributed by atoms with Crippen molar-refractivity contribution in [1.82, 2.24) is 9.55 Å². The lowest BCUT2D eigenvalue weighted by Crippen LogP contribution is -2.41. The number of aliphatic hydroxyl groups is 1. The van der Waals surface area contributed by atoms with Crippen LogP contribution in [0, 0.1) is 0 Å². The van der Waals surface area contributed by atoms with Crippen molar-refractivity contribution in [2.75, 3.05) is 24.3 Å². The summed E-state index contributed by atoms with van der Waals surface area (Å²) >= 11 is 0. The van der Waals surface area contributed by atoms with Crippen molar-refractivity contribution in [3.8, 4) is 0 Å². The maximum absolute atomic E-state index is 11.9. The fourth-order valence-electron chi connectivity index (χ4n) is 1.80. The Morgan fingerprint density at radius 1 is 1.47 bits per heavy atom. The van der Waals surface area contributed by atoms with E-state index >= 15 is 0 Å². The number of aliphatic hydroxyl groups excluding tert-OH is 1. The van der Waals surface area contributed by atoms with Gasteiger partial charge < -0.3 is 15.7 Å². The molecule has 1 heterocycles. The molecule has 0 radical (unpaired) electrons. The van der Waals surface area contributed by atoms with Gasteiger partial charge in [0.05, 0.1) is 6.61 Å². The molecule has 4 N–H and O–H groups in total. The first-order valence-corrected chi connectivity index (χ1v) is 6.40. The number of nitrogens with two attached hydrogens (primary N) is 1. The van der Waals surface area contributed by atoms with Gasteiger partial charge in [-0.1, -0.05) is 13.3 Å². The van der Waals surface area contributed by atoms with Gasteiger partial charge in [0.15, 0.2) is 0 Å². The summed E-state index contributed by atoms with van der Waals surface area (Å²) in [4.78, 5) is 27.5. The predicted molar refractivity (Wildman–Crippen MR) is 75.6 cm³/mol. The van der Waals surface area contributed by atoms with Gasteiger partial charge in [-0.2, -0.15) is 0 Å². The van der Waals surface area contributed by atoms with Crippen LogP contribution in [0.5, 0.6) is 0 Å². The molecule has 19 heavy (non-hydrogen) atoms. The van der Waals surface area contributed by atoms with Crippen LogP contribution >= 0.6 is 0 Å². The molecule has 0 bridgehead atoms. The van der Waals surface area contributed by atoms with Crippen molar-refractivity contribution in [3.05, 3.63) is 20.8 Å². The Balaban J connectivity index is 3.32. The van der Waals surface area contributed by atoms with Gasteiger partial charge in [0.1, 0.15) is 11.5 Å². The Hall–Kier alpha value is -1.76. The van der Waals surface area contributed by atoms with E-state index in [-0.39, 0.29) is 24.2 Å². The zero-order valence-electron chi connectivity index (χ0n) is 11.6. The van der Waals surface area contributed by atoms with Gasteiger partial charge in [-0.15, -0.1) is 0 Å². The number of nitrogens with zero attached hydrogens (tertiary/aromatic N) is 2. The number of likely N-dealkylation sites (N-methyl/N-ethyl adjacent to an activating group) is 1. The topological polar surface area (TPSA) is 104 Å². The Morgan fingerprint density at radius 3 is 2.63 bits per heavy atom. The van der Waals surface area contributed by atoms with Gasteiger partial charge in [0, 0.05) is 19.6 Å². The van der Waals surface area contributed by atoms with Crippen LogP contribution in [-0.4, -0.2) is 34.4 Å². The van der Waals surface area contributed by atoms with Crippen molar-refractivity contribution in [2.24, 2.45) is 0 Å². The molecule has 0 aliphatic carbocycles. The molecule has 108 valence electrons. The largest absolute Gasteiger partial charge is 0.394 e. The van der Waals surface area contributed by atoms with E-state index in [0.717, 1.165) is 12.8 Å². The van der Waals surface area contributed by atoms with Crippen molar-refractivity contribution in [3.63, 3.8) is 0 Å². The number of hydrogen-bond donors (Lipinski definition) is 3. The molecule has 0 fully saturated rings. The minimum atomic E-state index is -0.530. The van der Waals surface area contributed by atoms with Crippen LogP contribution in [0.25, 0.3) is 0 Å². The van der Waals surface area contributed by atoms with E-state index in [9.17, 15) is 9.59 Å². The number of nitrogen functional groups attached to an aromatic ring is 1. The van der Waals surface area contributed by atoms with Crippen molar-refractivity contribution >= 4 is 11.5 Å². The van der Waals surface area contributed by atoms with Crippen molar-refractivity contribution in [1.29, 1.82) is 0 Å². The van der Waals surface area contributed by atoms with E-state index < -0.39 is 11.2 Å². The third-order valence-corrected chi connectivity index (χ3v) is 3.23. The summed E-state index contributed by atoms with van der Waals surface area (Å²) in [5.41, 5.74) is 5.13. The molecule has 0 aromatic carbocycles. The lowest BCUT2D eigenvalue weighted by molar-refractivity contribution is 0.270. The Labute approximate surface area is 111 Å². The molecule has 0 aliphatic rings. The first-order valence-electron chi connectivity index (χ1n) is 6.40. The fourth-order valence-corrected chi connectivity index (χ4v) is 1.80. The standard InChI is InChI=1S/C12H22N4O3/c1-4-5-6-16-10(13)9(11(18)14-12(16)19)15(3)8(2)7-17/h8,17H,4-7,13H2,1-3H3,(H,14,18,19). The highest BCUT2D eigenvalue weighted by Crippen LogP contribution is 2.17. The summed E-state index contributed by atoms with van der Waals surface area (Å²) in [6.45, 7) is 4.13. The molecular formula is C12H22N4O3. The van der Waals surface area contributed by atoms with Crippen molar-refractivity contribution < 1.29 is 5.11 Å². The second kappa shape index (κ2) is 6.42. The highest BCUT2D eigenvalue weighted by Gasteiger charge is 2.19. The number of nitrogens with one attached hydrogen (secondary N) is 1. The predicted octanol–water partition coefficient (Wildman–Crippen LogP) is -0.264. The van der Waals surface area contributed by atoms with Crippen LogP contribution in [0.4, 0.5) is 11.5 Å². The van der Waals surface area contributed by atoms with Gasteiger partial charge in [-0.25, -0.2) is 4.79 Å². The number of H-pyrrole nitrogens is 1. The Morgan fingerprint density at radius 2 is 2.11 bits per heavy atom. The van der Waals surface area contributed by atoms with E-state index in [0.29, 0.717) is 6.54 Å². The first kappa shape index (κ1) is 15.3. The van der Waals surface area contributed by atoms with Gasteiger partial charge in [-0.3, -0.25) is 14.3 Å². The monoisotopic (exact) mass is 270 g/mol. The zero-order chi connectivity index (χ0) is 14.6. The van der Waals surface area contributed by atoms with Gasteiger partial charge >= 0.3 is 5.69 Å². The van der Waals surface area contributed by atoms with Gasteiger partial charge in [0.25, 0.3) is 5.56 Å². The number of unbranched alkanes of at least 4 members (excludes halogenated alkanes) is 1. The molecule has 7 nitrogen and oxygen atoms in total. The maximum Gasteiger partial charge on any atom is 0.330 e. The molecule has 1 unspecified atom stereocenters. The smallest absolute Gasteiger partial charge is 0.330 e. The number of anilines is 2. The van der Waals surface area contributed by atoms with Crippen LogP contribution < -0.4 is 21.9 Å². The minimum absolute atomic E-state index is 0.108. The summed E-state index contributed by atoms with van der Waals surface area (Å²) in [5, 5.41) is 9.15. The number of aromatic nitrogens is 2. The molecule has 0 saturated heterocycles. The van der Waals surface area contributed by atoms with E-state index in [4.69, 9.17) is 10.8 Å². The van der Waals surface area contributed by atoms with E-state index in [1.807, 2.05) is 6.92 Å². The minimum Gasteiger partial charge on any atom is -0.394 e. The fraction of sp³-hybridized carbons (Fsp3) is 0.667. The highest BCUT2D eigenvalue weighted by molar-refractivity contribution is 5.62. The van der Waals surface area contributed by atoms with E-state index in [2.05, 4.69) is 4.98 Å². The van der Waals surface area contributed by atoms with Crippen LogP contribution in [-0.2, 0) is 6.54 Å². The first-order chi connectivity index (χ1) is 8.93. The van der Waals surface area contributed by atoms with E-state index in [1.54, 1.807) is 18.9 Å². The molecule has 1 aromatic rings. The number of hydrogen-bond acceptors (Lipinski definition) is 5. The normalized spacial score (nSPS) is 12.4. The summed E-state index contributed by atoms with van der Waals surface area (Å²) < 4.78 is 1.36. The average molecular weight is 270 g/mol. The SMILES string of the molecule is CCCCn1c(N)c(N(C)C(C)CO)c(=O)[nH]c1=O. The Kier molecular flexibility index (Phi) is 5.17. The second-order valence-electron chi connectivity index (χ2n) is 4.64. The Bertz CT molecular complexity index is 535. The summed E-state index contributed by atoms with van der Waals surface area (Å²) in [6, 6.07) is -0.263. The quantitative estimate of drug-likeness (QED) is 0.660. The summed E-state index contributed by atoms with van der Waals surface area (Å²) in [7, 11) is 1.66. The molecule has 7 heteroatoms. The molecule has 0 amide bonds. The van der Waals surface area contributed by atoms with Crippen LogP contribution in [0.2, 0.25) is 0 Å². The second-order valence-corrected chi connectivity index (χ2v) is 4.64. The highest BCUT2D eigenvalue weighted by atomic mass is 16.3. The molecule has 0 spiro atoms. The van der Waals surface area contributed by atoms with Gasteiger partial charge in [-0.05, 0) is 13.3 Å². The molecular weight excluding hydrogens is 248 g/mol. The zero-order valence-corrected chi connectivity index (χ0v) is 11.6. The van der Waals surface area contributed by atoms with E-state index in [1.165, 1.54) is 4.57 Å². The van der Waals surface area contributed by atoms with Crippen LogP contribution in [0.15, 0.2) is 9.59 Å². The third kappa shape index (κ3) is 3.17. The van der Waals surface area contributed by atoms with Gasteiger partial charge in [0.2, 0.25) is 0 Å². The number of aromatic amines is 1. The number of rotatable bonds is 6. The average Bonchev–Trinajstić information content (AvgIpc) is 2.37. The van der Waals surface area contributed by atoms with Crippen molar-refractivity contribution in [2.45, 2.75) is 39.3 Å². The maximum atomic E-state index is 11.9. The third-order valence-electron chi connectivity index (χ3n) is 3.23.